The number of hydrogen-bond donors (Lipinski definition) is 1. The first-order valence-electron chi connectivity index (χ1n) is 11.6. The lowest BCUT2D eigenvalue weighted by Crippen LogP contribution is -2.39. The minimum absolute atomic E-state index is 0.0448. The second-order valence-electron chi connectivity index (χ2n) is 8.76. The highest BCUT2D eigenvalue weighted by molar-refractivity contribution is 6.04. The number of hydrogen-bond acceptors (Lipinski definition) is 3. The van der Waals surface area contributed by atoms with E-state index < -0.39 is 6.04 Å². The standard InChI is InChI=1S/C26H28N4O3/c31-24(27-13-6-14-28-16-12-19-7-3-4-10-22(19)28)11-5-15-29-25(32)23-17-20-8-1-2-9-21(20)18-30(23)26(29)33/h1-4,7-10,12,16,23H,5-6,11,13-15,17-18H2,(H,27,31)/t23-/m1/s1. The van der Waals surface area contributed by atoms with Crippen LogP contribution in [0.4, 0.5) is 4.79 Å². The Bertz CT molecular complexity index is 1160. The second-order valence-corrected chi connectivity index (χ2v) is 8.76. The summed E-state index contributed by atoms with van der Waals surface area (Å²) in [5.41, 5.74) is 3.43. The van der Waals surface area contributed by atoms with Crippen molar-refractivity contribution in [3.05, 3.63) is 71.9 Å². The Balaban J connectivity index is 1.05. The Morgan fingerprint density at radius 2 is 1.73 bits per heavy atom. The highest BCUT2D eigenvalue weighted by atomic mass is 16.2. The Labute approximate surface area is 193 Å². The topological polar surface area (TPSA) is 74.7 Å². The van der Waals surface area contributed by atoms with Gasteiger partial charge in [-0.05, 0) is 41.5 Å². The van der Waals surface area contributed by atoms with Crippen molar-refractivity contribution in [1.82, 2.24) is 19.7 Å². The second kappa shape index (κ2) is 9.10. The third kappa shape index (κ3) is 4.23. The molecule has 1 N–H and O–H groups in total. The predicted molar refractivity (Wildman–Crippen MR) is 125 cm³/mol. The van der Waals surface area contributed by atoms with Crippen molar-refractivity contribution < 1.29 is 14.4 Å². The lowest BCUT2D eigenvalue weighted by Gasteiger charge is -2.28. The van der Waals surface area contributed by atoms with E-state index in [9.17, 15) is 14.4 Å². The SMILES string of the molecule is O=C(CCCN1C(=O)[C@H]2Cc3ccccc3CN2C1=O)NCCCn1ccc2ccccc21. The van der Waals surface area contributed by atoms with Gasteiger partial charge in [0, 0.05) is 50.7 Å². The van der Waals surface area contributed by atoms with Crippen molar-refractivity contribution in [1.29, 1.82) is 0 Å². The number of amides is 4. The summed E-state index contributed by atoms with van der Waals surface area (Å²) < 4.78 is 2.19. The summed E-state index contributed by atoms with van der Waals surface area (Å²) in [4.78, 5) is 40.8. The zero-order valence-electron chi connectivity index (χ0n) is 18.6. The van der Waals surface area contributed by atoms with E-state index in [0.29, 0.717) is 32.4 Å². The van der Waals surface area contributed by atoms with E-state index >= 15 is 0 Å². The number of rotatable bonds is 8. The van der Waals surface area contributed by atoms with Gasteiger partial charge >= 0.3 is 6.03 Å². The van der Waals surface area contributed by atoms with E-state index in [1.165, 1.54) is 15.8 Å². The average molecular weight is 445 g/mol. The number of nitrogens with one attached hydrogen (secondary N) is 1. The van der Waals surface area contributed by atoms with Crippen molar-refractivity contribution in [3.63, 3.8) is 0 Å². The normalized spacial score (nSPS) is 17.4. The van der Waals surface area contributed by atoms with E-state index in [-0.39, 0.29) is 24.4 Å². The van der Waals surface area contributed by atoms with Gasteiger partial charge in [0.05, 0.1) is 0 Å². The van der Waals surface area contributed by atoms with Crippen LogP contribution in [0.3, 0.4) is 0 Å². The van der Waals surface area contributed by atoms with Gasteiger partial charge in [-0.3, -0.25) is 14.5 Å². The van der Waals surface area contributed by atoms with Crippen molar-refractivity contribution in [2.24, 2.45) is 0 Å². The molecule has 2 aromatic carbocycles. The largest absolute Gasteiger partial charge is 0.356 e. The molecular weight excluding hydrogens is 416 g/mol. The number of aromatic nitrogens is 1. The molecule has 1 fully saturated rings. The molecule has 7 heteroatoms. The van der Waals surface area contributed by atoms with Crippen LogP contribution in [0.1, 0.15) is 30.4 Å². The van der Waals surface area contributed by atoms with Gasteiger partial charge in [-0.25, -0.2) is 4.79 Å². The molecule has 1 atom stereocenters. The Morgan fingerprint density at radius 3 is 2.61 bits per heavy atom. The molecule has 7 nitrogen and oxygen atoms in total. The van der Waals surface area contributed by atoms with Crippen LogP contribution in [0, 0.1) is 0 Å². The molecule has 33 heavy (non-hydrogen) atoms. The number of fused-ring (bicyclic) bond motifs is 3. The molecule has 5 rings (SSSR count). The van der Waals surface area contributed by atoms with Gasteiger partial charge in [0.15, 0.2) is 0 Å². The first-order chi connectivity index (χ1) is 16.1. The number of para-hydroxylation sites is 1. The highest BCUT2D eigenvalue weighted by Gasteiger charge is 2.46. The summed E-state index contributed by atoms with van der Waals surface area (Å²) in [6.45, 7) is 2.19. The fraction of sp³-hybridized carbons (Fsp3) is 0.346. The van der Waals surface area contributed by atoms with Gasteiger partial charge in [0.2, 0.25) is 5.91 Å². The van der Waals surface area contributed by atoms with Gasteiger partial charge < -0.3 is 14.8 Å². The fourth-order valence-electron chi connectivity index (χ4n) is 4.88. The monoisotopic (exact) mass is 444 g/mol. The van der Waals surface area contributed by atoms with Crippen LogP contribution in [0.15, 0.2) is 60.8 Å². The number of benzene rings is 2. The summed E-state index contributed by atoms with van der Waals surface area (Å²) in [5, 5.41) is 4.17. The van der Waals surface area contributed by atoms with Crippen molar-refractivity contribution in [2.45, 2.75) is 44.8 Å². The van der Waals surface area contributed by atoms with Gasteiger partial charge in [-0.15, -0.1) is 0 Å². The minimum atomic E-state index is -0.411. The van der Waals surface area contributed by atoms with Crippen molar-refractivity contribution in [3.8, 4) is 0 Å². The van der Waals surface area contributed by atoms with Gasteiger partial charge in [0.25, 0.3) is 5.91 Å². The van der Waals surface area contributed by atoms with E-state index in [1.807, 2.05) is 36.4 Å². The number of imide groups is 1. The third-order valence-electron chi connectivity index (χ3n) is 6.64. The molecule has 3 heterocycles. The van der Waals surface area contributed by atoms with E-state index in [4.69, 9.17) is 0 Å². The van der Waals surface area contributed by atoms with Gasteiger partial charge in [-0.2, -0.15) is 0 Å². The van der Waals surface area contributed by atoms with Crippen LogP contribution < -0.4 is 5.32 Å². The maximum absolute atomic E-state index is 12.8. The van der Waals surface area contributed by atoms with Gasteiger partial charge in [-0.1, -0.05) is 42.5 Å². The zero-order valence-corrected chi connectivity index (χ0v) is 18.6. The van der Waals surface area contributed by atoms with Crippen LogP contribution in [0.25, 0.3) is 10.9 Å². The molecule has 2 aliphatic rings. The third-order valence-corrected chi connectivity index (χ3v) is 6.64. The molecule has 1 aromatic heterocycles. The maximum atomic E-state index is 12.8. The van der Waals surface area contributed by atoms with E-state index in [1.54, 1.807) is 4.90 Å². The van der Waals surface area contributed by atoms with Crippen molar-refractivity contribution >= 4 is 28.7 Å². The highest BCUT2D eigenvalue weighted by Crippen LogP contribution is 2.30. The molecule has 0 saturated carbocycles. The maximum Gasteiger partial charge on any atom is 0.327 e. The Morgan fingerprint density at radius 1 is 0.939 bits per heavy atom. The first kappa shape index (κ1) is 21.2. The van der Waals surface area contributed by atoms with Crippen LogP contribution in [0.5, 0.6) is 0 Å². The fourth-order valence-corrected chi connectivity index (χ4v) is 4.88. The minimum Gasteiger partial charge on any atom is -0.356 e. The van der Waals surface area contributed by atoms with Crippen LogP contribution >= 0.6 is 0 Å². The van der Waals surface area contributed by atoms with Gasteiger partial charge in [0.1, 0.15) is 6.04 Å². The quantitative estimate of drug-likeness (QED) is 0.428. The molecule has 3 aromatic rings. The smallest absolute Gasteiger partial charge is 0.327 e. The molecule has 0 bridgehead atoms. The zero-order chi connectivity index (χ0) is 22.8. The van der Waals surface area contributed by atoms with Crippen LogP contribution in [-0.2, 0) is 29.1 Å². The first-order valence-corrected chi connectivity index (χ1v) is 11.6. The summed E-state index contributed by atoms with van der Waals surface area (Å²) in [6.07, 6.45) is 4.25. The Hall–Kier alpha value is -3.61. The van der Waals surface area contributed by atoms with Crippen LogP contribution in [-0.4, -0.2) is 51.3 Å². The molecule has 0 spiro atoms. The molecule has 4 amide bonds. The molecular formula is C26H28N4O3. The molecule has 0 radical (unpaired) electrons. The molecule has 0 aliphatic carbocycles. The van der Waals surface area contributed by atoms with Crippen LogP contribution in [0.2, 0.25) is 0 Å². The molecule has 0 unspecified atom stereocenters. The van der Waals surface area contributed by atoms with Crippen molar-refractivity contribution in [2.75, 3.05) is 13.1 Å². The van der Waals surface area contributed by atoms with E-state index in [0.717, 1.165) is 24.1 Å². The number of aryl methyl sites for hydroxylation is 1. The molecule has 1 saturated heterocycles. The summed E-state index contributed by atoms with van der Waals surface area (Å²) in [7, 11) is 0. The summed E-state index contributed by atoms with van der Waals surface area (Å²) in [6, 6.07) is 17.7. The number of urea groups is 1. The Kier molecular flexibility index (Phi) is 5.86. The predicted octanol–water partition coefficient (Wildman–Crippen LogP) is 3.32. The number of carbonyl (C=O) groups is 3. The number of carbonyl (C=O) groups excluding carboxylic acids is 3. The van der Waals surface area contributed by atoms with E-state index in [2.05, 4.69) is 34.3 Å². The molecule has 2 aliphatic heterocycles. The summed E-state index contributed by atoms with van der Waals surface area (Å²) in [5.74, 6) is -0.189. The molecule has 170 valence electrons. The average Bonchev–Trinajstić information content (AvgIpc) is 3.35. The number of nitrogens with zero attached hydrogens (tertiary/aromatic N) is 3. The summed E-state index contributed by atoms with van der Waals surface area (Å²) >= 11 is 0. The lowest BCUT2D eigenvalue weighted by atomic mass is 9.95. The lowest BCUT2D eigenvalue weighted by molar-refractivity contribution is -0.129.